The smallest absolute Gasteiger partial charge is 0.235 e. The Morgan fingerprint density at radius 3 is 2.21 bits per heavy atom. The van der Waals surface area contributed by atoms with Crippen LogP contribution in [0.2, 0.25) is 0 Å². The largest absolute Gasteiger partial charge is 0.507 e. The van der Waals surface area contributed by atoms with Crippen molar-refractivity contribution in [3.8, 4) is 16.9 Å². The molecule has 2 fully saturated rings. The van der Waals surface area contributed by atoms with E-state index < -0.39 is 64.4 Å². The van der Waals surface area contributed by atoms with Crippen LogP contribution in [-0.4, -0.2) is 69.9 Å². The molecule has 10 heteroatoms. The van der Waals surface area contributed by atoms with E-state index in [0.717, 1.165) is 11.1 Å². The van der Waals surface area contributed by atoms with Gasteiger partial charge in [0.05, 0.1) is 17.5 Å². The van der Waals surface area contributed by atoms with Crippen LogP contribution in [0.5, 0.6) is 5.75 Å². The number of amides is 1. The third kappa shape index (κ3) is 4.15. The van der Waals surface area contributed by atoms with E-state index >= 15 is 0 Å². The highest BCUT2D eigenvalue weighted by molar-refractivity contribution is 6.32. The van der Waals surface area contributed by atoms with Gasteiger partial charge in [0, 0.05) is 18.0 Å². The van der Waals surface area contributed by atoms with Gasteiger partial charge in [-0.1, -0.05) is 45.0 Å². The van der Waals surface area contributed by atoms with E-state index in [1.807, 2.05) is 24.3 Å². The van der Waals surface area contributed by atoms with Gasteiger partial charge in [-0.25, -0.2) is 0 Å². The lowest BCUT2D eigenvalue weighted by Gasteiger charge is -2.52. The Hall–Kier alpha value is -3.73. The minimum atomic E-state index is -2.76. The lowest BCUT2D eigenvalue weighted by atomic mass is 9.52. The van der Waals surface area contributed by atoms with Crippen LogP contribution in [0, 0.1) is 23.7 Å². The monoisotopic (exact) mass is 575 g/mol. The molecule has 0 saturated heterocycles. The highest BCUT2D eigenvalue weighted by Crippen LogP contribution is 2.52. The predicted molar refractivity (Wildman–Crippen MR) is 153 cm³/mol. The minimum Gasteiger partial charge on any atom is -0.507 e. The summed E-state index contributed by atoms with van der Waals surface area (Å²) in [5, 5.41) is 22.9. The maximum atomic E-state index is 14.1. The molecule has 6 atom stereocenters. The third-order valence-electron chi connectivity index (χ3n) is 9.42. The van der Waals surface area contributed by atoms with Crippen molar-refractivity contribution in [2.24, 2.45) is 35.1 Å². The number of nitrogens with two attached hydrogens (primary N) is 2. The summed E-state index contributed by atoms with van der Waals surface area (Å²) in [7, 11) is 3.11. The lowest BCUT2D eigenvalue weighted by molar-refractivity contribution is -0.181. The number of fused-ring (bicyclic) bond motifs is 3. The van der Waals surface area contributed by atoms with Crippen LogP contribution in [0.4, 0.5) is 0 Å². The van der Waals surface area contributed by atoms with Crippen molar-refractivity contribution in [2.45, 2.75) is 57.2 Å². The molecule has 3 aliphatic rings. The zero-order valence-corrected chi connectivity index (χ0v) is 24.4. The summed E-state index contributed by atoms with van der Waals surface area (Å²) in [5.74, 6) is -10.7. The zero-order chi connectivity index (χ0) is 31.0. The Morgan fingerprint density at radius 2 is 1.69 bits per heavy atom. The van der Waals surface area contributed by atoms with E-state index in [9.17, 15) is 34.2 Å². The summed E-state index contributed by atoms with van der Waals surface area (Å²) in [6, 6.07) is 8.50. The van der Waals surface area contributed by atoms with Gasteiger partial charge in [0.15, 0.2) is 34.7 Å². The molecule has 222 valence electrons. The number of aliphatic hydroxyl groups is 1. The molecule has 2 saturated carbocycles. The first kappa shape index (κ1) is 29.8. The Balaban J connectivity index is 1.67. The molecule has 2 aromatic carbocycles. The van der Waals surface area contributed by atoms with Crippen LogP contribution in [0.15, 0.2) is 30.3 Å². The van der Waals surface area contributed by atoms with E-state index in [2.05, 4.69) is 20.8 Å². The van der Waals surface area contributed by atoms with E-state index in [0.29, 0.717) is 16.7 Å². The summed E-state index contributed by atoms with van der Waals surface area (Å²) >= 11 is 0. The normalized spacial score (nSPS) is 29.3. The first-order valence-electron chi connectivity index (χ1n) is 14.1. The maximum absolute atomic E-state index is 14.1. The molecular formula is C32H37N3O7. The van der Waals surface area contributed by atoms with E-state index in [1.54, 1.807) is 20.2 Å². The molecule has 0 heterocycles. The first-order chi connectivity index (χ1) is 19.5. The molecule has 0 aliphatic heterocycles. The summed E-state index contributed by atoms with van der Waals surface area (Å²) in [4.78, 5) is 68.6. The lowest BCUT2D eigenvalue weighted by Crippen LogP contribution is -2.74. The minimum absolute atomic E-state index is 0.00823. The Bertz CT molecular complexity index is 1540. The van der Waals surface area contributed by atoms with Crippen molar-refractivity contribution in [1.82, 2.24) is 4.90 Å². The van der Waals surface area contributed by atoms with E-state index in [-0.39, 0.29) is 36.1 Å². The van der Waals surface area contributed by atoms with Crippen molar-refractivity contribution < 1.29 is 34.2 Å². The molecule has 0 bridgehead atoms. The number of hydrogen-bond acceptors (Lipinski definition) is 9. The number of primary amides is 1. The van der Waals surface area contributed by atoms with Gasteiger partial charge in [0.25, 0.3) is 0 Å². The highest BCUT2D eigenvalue weighted by Gasteiger charge is 2.69. The van der Waals surface area contributed by atoms with Crippen LogP contribution in [0.1, 0.15) is 54.2 Å². The molecule has 0 spiro atoms. The average molecular weight is 576 g/mol. The Morgan fingerprint density at radius 1 is 1.07 bits per heavy atom. The quantitative estimate of drug-likeness (QED) is 0.391. The summed E-state index contributed by atoms with van der Waals surface area (Å²) in [6.07, 6.45) is 0.173. The number of phenolic OH excluding ortho intramolecular Hbond substituents is 1. The summed E-state index contributed by atoms with van der Waals surface area (Å²) in [5.41, 5.74) is 11.9. The predicted octanol–water partition coefficient (Wildman–Crippen LogP) is 1.29. The van der Waals surface area contributed by atoms with Crippen molar-refractivity contribution in [1.29, 1.82) is 0 Å². The number of ketones is 4. The van der Waals surface area contributed by atoms with Gasteiger partial charge in [-0.2, -0.15) is 0 Å². The van der Waals surface area contributed by atoms with Gasteiger partial charge < -0.3 is 21.7 Å². The van der Waals surface area contributed by atoms with Crippen molar-refractivity contribution >= 4 is 29.0 Å². The second-order valence-corrected chi connectivity index (χ2v) is 13.1. The molecule has 3 aliphatic carbocycles. The van der Waals surface area contributed by atoms with Crippen LogP contribution >= 0.6 is 0 Å². The van der Waals surface area contributed by atoms with Crippen molar-refractivity contribution in [2.75, 3.05) is 14.1 Å². The number of hydrogen-bond donors (Lipinski definition) is 4. The molecule has 6 N–H and O–H groups in total. The molecule has 0 radical (unpaired) electrons. The number of rotatable bonds is 4. The van der Waals surface area contributed by atoms with Crippen LogP contribution in [-0.2, 0) is 37.6 Å². The standard InChI is InChI=1S/C32H37N3O7/c1-31(2,3)17-8-6-14(7-9-17)18-11-16(13-33)25(36)22-19(18)10-15-12-20-24(35(4)5)27(38)23(30(34)41)29(40)32(20,42)28(39)21(15)26(22)37/h6-9,11,15,20-21,23-24,36,42H,10,12-13,33H2,1-5H3,(H2,34,41)/t15-,20-,21?,23?,24?,32-/m0/s1. The molecule has 3 unspecified atom stereocenters. The SMILES string of the molecule is CN(C)C1C(=O)C(C(N)=O)C(=O)[C@@]2(O)C(=O)C3C(=O)c4c(O)c(CN)cc(-c5ccc(C(C)(C)C)cc5)c4C[C@H]3C[C@@H]12. The zero-order valence-electron chi connectivity index (χ0n) is 24.4. The number of carbonyl (C=O) groups excluding carboxylic acids is 5. The maximum Gasteiger partial charge on any atom is 0.235 e. The number of likely N-dealkylation sites (N-methyl/N-ethyl adjacent to an activating group) is 1. The fraction of sp³-hybridized carbons (Fsp3) is 0.469. The van der Waals surface area contributed by atoms with Crippen LogP contribution < -0.4 is 11.5 Å². The van der Waals surface area contributed by atoms with Gasteiger partial charge >= 0.3 is 0 Å². The Kier molecular flexibility index (Phi) is 7.03. The van der Waals surface area contributed by atoms with E-state index in [1.165, 1.54) is 4.90 Å². The fourth-order valence-electron chi connectivity index (χ4n) is 7.29. The molecule has 2 aromatic rings. The first-order valence-corrected chi connectivity index (χ1v) is 14.1. The Labute approximate surface area is 244 Å². The molecule has 5 rings (SSSR count). The number of Topliss-reactive ketones (excluding diaryl/α,β-unsaturated/α-hetero) is 4. The van der Waals surface area contributed by atoms with Crippen LogP contribution in [0.3, 0.4) is 0 Å². The van der Waals surface area contributed by atoms with Crippen LogP contribution in [0.25, 0.3) is 11.1 Å². The molecule has 0 aromatic heterocycles. The number of benzene rings is 2. The number of carbonyl (C=O) groups is 5. The second kappa shape index (κ2) is 9.93. The topological polar surface area (TPSA) is 181 Å². The summed E-state index contributed by atoms with van der Waals surface area (Å²) < 4.78 is 0. The van der Waals surface area contributed by atoms with Gasteiger partial charge in [-0.15, -0.1) is 0 Å². The molecule has 42 heavy (non-hydrogen) atoms. The van der Waals surface area contributed by atoms with Gasteiger partial charge in [0.2, 0.25) is 5.91 Å². The summed E-state index contributed by atoms with van der Waals surface area (Å²) in [6.45, 7) is 6.23. The number of nitrogens with zero attached hydrogens (tertiary/aromatic N) is 1. The van der Waals surface area contributed by atoms with Crippen molar-refractivity contribution in [3.05, 3.63) is 52.6 Å². The molecule has 10 nitrogen and oxygen atoms in total. The number of phenols is 1. The molecule has 1 amide bonds. The average Bonchev–Trinajstić information content (AvgIpc) is 2.90. The molecular weight excluding hydrogens is 538 g/mol. The van der Waals surface area contributed by atoms with E-state index in [4.69, 9.17) is 11.5 Å². The van der Waals surface area contributed by atoms with Gasteiger partial charge in [-0.3, -0.25) is 28.9 Å². The number of aromatic hydroxyl groups is 1. The van der Waals surface area contributed by atoms with Crippen molar-refractivity contribution in [3.63, 3.8) is 0 Å². The second-order valence-electron chi connectivity index (χ2n) is 13.1. The van der Waals surface area contributed by atoms with Gasteiger partial charge in [0.1, 0.15) is 5.75 Å². The highest BCUT2D eigenvalue weighted by atomic mass is 16.3. The third-order valence-corrected chi connectivity index (χ3v) is 9.42. The van der Waals surface area contributed by atoms with Gasteiger partial charge in [-0.05, 0) is 66.6 Å². The fourth-order valence-corrected chi connectivity index (χ4v) is 7.29.